The fourth-order valence-corrected chi connectivity index (χ4v) is 2.84. The first kappa shape index (κ1) is 15.5. The summed E-state index contributed by atoms with van der Waals surface area (Å²) >= 11 is 6.45. The number of aromatic amines is 1. The van der Waals surface area contributed by atoms with Gasteiger partial charge in [0.2, 0.25) is 5.95 Å². The summed E-state index contributed by atoms with van der Waals surface area (Å²) in [7, 11) is 3.45. The Balaban J connectivity index is 1.69. The van der Waals surface area contributed by atoms with Crippen LogP contribution in [-0.4, -0.2) is 32.1 Å². The lowest BCUT2D eigenvalue weighted by Gasteiger charge is -2.07. The highest BCUT2D eigenvalue weighted by Crippen LogP contribution is 2.32. The van der Waals surface area contributed by atoms with Crippen LogP contribution in [0.2, 0.25) is 5.02 Å². The maximum Gasteiger partial charge on any atom is 0.225 e. The van der Waals surface area contributed by atoms with Crippen LogP contribution in [-0.2, 0) is 7.05 Å². The van der Waals surface area contributed by atoms with Gasteiger partial charge >= 0.3 is 0 Å². The lowest BCUT2D eigenvalue weighted by atomic mass is 10.2. The maximum absolute atomic E-state index is 6.45. The molecule has 0 unspecified atom stereocenters. The van der Waals surface area contributed by atoms with Crippen molar-refractivity contribution in [3.05, 3.63) is 47.6 Å². The van der Waals surface area contributed by atoms with Crippen molar-refractivity contribution >= 4 is 34.1 Å². The van der Waals surface area contributed by atoms with Crippen molar-refractivity contribution in [1.82, 2.24) is 25.0 Å². The molecule has 0 aliphatic heterocycles. The number of hydrogen-bond acceptors (Lipinski definition) is 5. The van der Waals surface area contributed by atoms with Gasteiger partial charge in [-0.2, -0.15) is 10.1 Å². The van der Waals surface area contributed by atoms with E-state index in [4.69, 9.17) is 16.3 Å². The summed E-state index contributed by atoms with van der Waals surface area (Å²) in [5.74, 6) is 1.94. The Labute approximate surface area is 148 Å². The molecule has 0 amide bonds. The van der Waals surface area contributed by atoms with Gasteiger partial charge in [-0.05, 0) is 24.3 Å². The van der Waals surface area contributed by atoms with Crippen molar-refractivity contribution < 1.29 is 4.74 Å². The molecule has 126 valence electrons. The van der Waals surface area contributed by atoms with Gasteiger partial charge in [-0.3, -0.25) is 5.10 Å². The summed E-state index contributed by atoms with van der Waals surface area (Å²) in [4.78, 5) is 4.56. The van der Waals surface area contributed by atoms with Gasteiger partial charge < -0.3 is 10.1 Å². The molecule has 0 aliphatic rings. The van der Waals surface area contributed by atoms with E-state index in [9.17, 15) is 0 Å². The average molecular weight is 355 g/mol. The van der Waals surface area contributed by atoms with Crippen LogP contribution < -0.4 is 10.1 Å². The SMILES string of the molecule is COc1cccc(-c2nc(Nc3ccc4[nH]ncc4c3Cl)n(C)n2)c1. The number of methoxy groups -OCH3 is 1. The van der Waals surface area contributed by atoms with Crippen molar-refractivity contribution in [2.75, 3.05) is 12.4 Å². The van der Waals surface area contributed by atoms with Gasteiger partial charge in [0.25, 0.3) is 0 Å². The van der Waals surface area contributed by atoms with Crippen LogP contribution in [0, 0.1) is 0 Å². The van der Waals surface area contributed by atoms with E-state index >= 15 is 0 Å². The summed E-state index contributed by atoms with van der Waals surface area (Å²) in [6.07, 6.45) is 1.70. The highest BCUT2D eigenvalue weighted by molar-refractivity contribution is 6.38. The molecule has 4 aromatic rings. The van der Waals surface area contributed by atoms with E-state index < -0.39 is 0 Å². The van der Waals surface area contributed by atoms with Crippen molar-refractivity contribution in [1.29, 1.82) is 0 Å². The first-order valence-corrected chi connectivity index (χ1v) is 7.97. The van der Waals surface area contributed by atoms with E-state index in [1.807, 2.05) is 43.4 Å². The van der Waals surface area contributed by atoms with Crippen LogP contribution in [0.4, 0.5) is 11.6 Å². The molecule has 8 heteroatoms. The lowest BCUT2D eigenvalue weighted by molar-refractivity contribution is 0.415. The predicted molar refractivity (Wildman–Crippen MR) is 97.4 cm³/mol. The normalized spacial score (nSPS) is 11.0. The topological polar surface area (TPSA) is 80.6 Å². The Morgan fingerprint density at radius 1 is 1.24 bits per heavy atom. The molecule has 0 radical (unpaired) electrons. The van der Waals surface area contributed by atoms with Gasteiger partial charge in [-0.25, -0.2) is 4.68 Å². The number of nitrogens with one attached hydrogen (secondary N) is 2. The molecule has 0 spiro atoms. The van der Waals surface area contributed by atoms with Crippen LogP contribution in [0.3, 0.4) is 0 Å². The van der Waals surface area contributed by atoms with Gasteiger partial charge in [0, 0.05) is 18.0 Å². The van der Waals surface area contributed by atoms with Crippen molar-refractivity contribution in [3.8, 4) is 17.1 Å². The van der Waals surface area contributed by atoms with Gasteiger partial charge in [-0.1, -0.05) is 23.7 Å². The third-order valence-corrected chi connectivity index (χ3v) is 4.30. The molecule has 0 aliphatic carbocycles. The molecule has 4 rings (SSSR count). The zero-order valence-corrected chi connectivity index (χ0v) is 14.4. The number of hydrogen-bond donors (Lipinski definition) is 2. The molecule has 2 N–H and O–H groups in total. The van der Waals surface area contributed by atoms with E-state index in [-0.39, 0.29) is 0 Å². The minimum absolute atomic E-state index is 0.581. The Morgan fingerprint density at radius 3 is 2.96 bits per heavy atom. The summed E-state index contributed by atoms with van der Waals surface area (Å²) in [6.45, 7) is 0. The quantitative estimate of drug-likeness (QED) is 0.583. The Bertz CT molecular complexity index is 1050. The highest BCUT2D eigenvalue weighted by atomic mass is 35.5. The fourth-order valence-electron chi connectivity index (χ4n) is 2.58. The molecule has 7 nitrogen and oxygen atoms in total. The molecule has 0 saturated heterocycles. The lowest BCUT2D eigenvalue weighted by Crippen LogP contribution is -2.00. The van der Waals surface area contributed by atoms with Gasteiger partial charge in [-0.15, -0.1) is 5.10 Å². The molecule has 0 fully saturated rings. The first-order valence-electron chi connectivity index (χ1n) is 7.60. The standard InChI is InChI=1S/C17H15ClN6O/c1-24-17(20-14-7-6-13-12(15(14)18)9-19-22-13)21-16(23-24)10-4-3-5-11(8-10)25-2/h3-9H,1-2H3,(H,19,22)(H,20,21,23). The fraction of sp³-hybridized carbons (Fsp3) is 0.118. The minimum Gasteiger partial charge on any atom is -0.497 e. The summed E-state index contributed by atoms with van der Waals surface area (Å²) in [5, 5.41) is 16.0. The number of anilines is 2. The molecule has 0 atom stereocenters. The van der Waals surface area contributed by atoms with Crippen LogP contribution in [0.15, 0.2) is 42.6 Å². The molecule has 2 aromatic carbocycles. The van der Waals surface area contributed by atoms with E-state index in [1.54, 1.807) is 18.0 Å². The zero-order chi connectivity index (χ0) is 17.4. The van der Waals surface area contributed by atoms with E-state index in [0.717, 1.165) is 27.9 Å². The molecule has 2 heterocycles. The monoisotopic (exact) mass is 354 g/mol. The second kappa shape index (κ2) is 6.10. The molecular formula is C17H15ClN6O. The van der Waals surface area contributed by atoms with Crippen LogP contribution in [0.1, 0.15) is 0 Å². The van der Waals surface area contributed by atoms with Gasteiger partial charge in [0.05, 0.1) is 29.5 Å². The summed E-state index contributed by atoms with van der Waals surface area (Å²) in [6, 6.07) is 11.4. The number of rotatable bonds is 4. The van der Waals surface area contributed by atoms with Crippen molar-refractivity contribution in [3.63, 3.8) is 0 Å². The van der Waals surface area contributed by atoms with E-state index in [2.05, 4.69) is 25.6 Å². The molecule has 2 aromatic heterocycles. The van der Waals surface area contributed by atoms with Crippen molar-refractivity contribution in [2.24, 2.45) is 7.05 Å². The Hall–Kier alpha value is -3.06. The van der Waals surface area contributed by atoms with E-state index in [1.165, 1.54) is 0 Å². The second-order valence-electron chi connectivity index (χ2n) is 5.50. The molecule has 0 bridgehead atoms. The number of benzene rings is 2. The average Bonchev–Trinajstić information content (AvgIpc) is 3.25. The van der Waals surface area contributed by atoms with Crippen LogP contribution >= 0.6 is 11.6 Å². The second-order valence-corrected chi connectivity index (χ2v) is 5.88. The number of nitrogens with zero attached hydrogens (tertiary/aromatic N) is 4. The summed E-state index contributed by atoms with van der Waals surface area (Å²) < 4.78 is 6.93. The third kappa shape index (κ3) is 2.78. The van der Waals surface area contributed by atoms with E-state index in [0.29, 0.717) is 16.8 Å². The van der Waals surface area contributed by atoms with Gasteiger partial charge in [0.1, 0.15) is 5.75 Å². The minimum atomic E-state index is 0.581. The number of aryl methyl sites for hydroxylation is 1. The third-order valence-electron chi connectivity index (χ3n) is 3.90. The Kier molecular flexibility index (Phi) is 3.77. The molecule has 25 heavy (non-hydrogen) atoms. The highest BCUT2D eigenvalue weighted by Gasteiger charge is 2.13. The van der Waals surface area contributed by atoms with Crippen LogP contribution in [0.5, 0.6) is 5.75 Å². The molecule has 0 saturated carbocycles. The largest absolute Gasteiger partial charge is 0.497 e. The number of halogens is 1. The number of fused-ring (bicyclic) bond motifs is 1. The zero-order valence-electron chi connectivity index (χ0n) is 13.6. The number of aromatic nitrogens is 5. The number of H-pyrrole nitrogens is 1. The smallest absolute Gasteiger partial charge is 0.225 e. The van der Waals surface area contributed by atoms with Gasteiger partial charge in [0.15, 0.2) is 5.82 Å². The number of ether oxygens (including phenoxy) is 1. The summed E-state index contributed by atoms with van der Waals surface area (Å²) in [5.41, 5.74) is 2.49. The molecular weight excluding hydrogens is 340 g/mol. The predicted octanol–water partition coefficient (Wildman–Crippen LogP) is 3.76. The van der Waals surface area contributed by atoms with Crippen LogP contribution in [0.25, 0.3) is 22.3 Å². The first-order chi connectivity index (χ1) is 12.2. The van der Waals surface area contributed by atoms with Crippen molar-refractivity contribution in [2.45, 2.75) is 0 Å². The Morgan fingerprint density at radius 2 is 2.12 bits per heavy atom. The maximum atomic E-state index is 6.45.